The molecule has 0 bridgehead atoms. The van der Waals surface area contributed by atoms with E-state index in [0.29, 0.717) is 28.8 Å². The van der Waals surface area contributed by atoms with E-state index in [1.807, 2.05) is 6.92 Å². The second-order valence-corrected chi connectivity index (χ2v) is 4.19. The van der Waals surface area contributed by atoms with Gasteiger partial charge in [-0.2, -0.15) is 0 Å². The van der Waals surface area contributed by atoms with Crippen molar-refractivity contribution >= 4 is 23.2 Å². The van der Waals surface area contributed by atoms with Crippen LogP contribution in [0.1, 0.15) is 17.3 Å². The minimum atomic E-state index is -0.231. The molecule has 0 saturated heterocycles. The van der Waals surface area contributed by atoms with Crippen molar-refractivity contribution in [2.75, 3.05) is 11.9 Å². The minimum Gasteiger partial charge on any atom is -0.476 e. The third kappa shape index (κ3) is 3.45. The van der Waals surface area contributed by atoms with Gasteiger partial charge >= 0.3 is 0 Å². The van der Waals surface area contributed by atoms with E-state index in [9.17, 15) is 4.79 Å². The molecule has 1 N–H and O–H groups in total. The quantitative estimate of drug-likeness (QED) is 0.931. The van der Waals surface area contributed by atoms with Gasteiger partial charge in [0.15, 0.2) is 0 Å². The molecular weight excluding hydrogens is 264 g/mol. The monoisotopic (exact) mass is 276 g/mol. The lowest BCUT2D eigenvalue weighted by Gasteiger charge is -2.09. The van der Waals surface area contributed by atoms with Crippen LogP contribution in [0.5, 0.6) is 5.88 Å². The van der Waals surface area contributed by atoms with Crippen molar-refractivity contribution in [1.82, 2.24) is 4.98 Å². The predicted molar refractivity (Wildman–Crippen MR) is 74.8 cm³/mol. The molecule has 1 amide bonds. The maximum atomic E-state index is 12.0. The molecule has 5 heteroatoms. The molecule has 98 valence electrons. The van der Waals surface area contributed by atoms with E-state index in [-0.39, 0.29) is 5.91 Å². The summed E-state index contributed by atoms with van der Waals surface area (Å²) in [4.78, 5) is 16.1. The largest absolute Gasteiger partial charge is 0.476 e. The van der Waals surface area contributed by atoms with Crippen LogP contribution in [0.15, 0.2) is 42.6 Å². The Morgan fingerprint density at radius 1 is 1.32 bits per heavy atom. The summed E-state index contributed by atoms with van der Waals surface area (Å²) in [5, 5.41) is 3.35. The first-order valence-corrected chi connectivity index (χ1v) is 6.23. The van der Waals surface area contributed by atoms with Crippen molar-refractivity contribution in [3.8, 4) is 5.88 Å². The van der Waals surface area contributed by atoms with Gasteiger partial charge in [-0.15, -0.1) is 0 Å². The Hall–Kier alpha value is -2.07. The zero-order valence-corrected chi connectivity index (χ0v) is 11.1. The summed E-state index contributed by atoms with van der Waals surface area (Å²) in [5.74, 6) is 0.179. The van der Waals surface area contributed by atoms with Gasteiger partial charge in [-0.1, -0.05) is 11.6 Å². The number of anilines is 1. The molecule has 0 radical (unpaired) electrons. The smallest absolute Gasteiger partial charge is 0.255 e. The molecule has 1 heterocycles. The van der Waals surface area contributed by atoms with Gasteiger partial charge in [-0.05, 0) is 43.3 Å². The van der Waals surface area contributed by atoms with Crippen molar-refractivity contribution in [3.63, 3.8) is 0 Å². The minimum absolute atomic E-state index is 0.231. The van der Waals surface area contributed by atoms with Gasteiger partial charge in [0.05, 0.1) is 6.61 Å². The number of pyridine rings is 1. The van der Waals surface area contributed by atoms with Gasteiger partial charge in [0.2, 0.25) is 5.88 Å². The first-order chi connectivity index (χ1) is 9.20. The van der Waals surface area contributed by atoms with E-state index in [4.69, 9.17) is 16.3 Å². The zero-order chi connectivity index (χ0) is 13.7. The lowest BCUT2D eigenvalue weighted by atomic mass is 10.2. The standard InChI is InChI=1S/C14H13ClN2O2/c1-2-19-14-12(4-3-9-16-14)17-13(18)10-5-7-11(15)8-6-10/h3-9H,2H2,1H3,(H,17,18). The summed E-state index contributed by atoms with van der Waals surface area (Å²) in [6, 6.07) is 10.1. The number of benzene rings is 1. The predicted octanol–water partition coefficient (Wildman–Crippen LogP) is 3.39. The topological polar surface area (TPSA) is 51.2 Å². The summed E-state index contributed by atoms with van der Waals surface area (Å²) in [6.07, 6.45) is 1.61. The van der Waals surface area contributed by atoms with Crippen LogP contribution in [0.25, 0.3) is 0 Å². The van der Waals surface area contributed by atoms with E-state index in [0.717, 1.165) is 0 Å². The number of halogens is 1. The van der Waals surface area contributed by atoms with Gasteiger partial charge in [-0.3, -0.25) is 4.79 Å². The number of carbonyl (C=O) groups excluding carboxylic acids is 1. The second kappa shape index (κ2) is 6.20. The van der Waals surface area contributed by atoms with E-state index in [1.165, 1.54) is 0 Å². The lowest BCUT2D eigenvalue weighted by molar-refractivity contribution is 0.102. The molecule has 0 aliphatic heterocycles. The molecule has 4 nitrogen and oxygen atoms in total. The number of hydrogen-bond acceptors (Lipinski definition) is 3. The van der Waals surface area contributed by atoms with Crippen LogP contribution in [0, 0.1) is 0 Å². The highest BCUT2D eigenvalue weighted by Gasteiger charge is 2.10. The number of amides is 1. The molecule has 19 heavy (non-hydrogen) atoms. The zero-order valence-electron chi connectivity index (χ0n) is 10.4. The third-order valence-corrected chi connectivity index (χ3v) is 2.66. The summed E-state index contributed by atoms with van der Waals surface area (Å²) in [5.41, 5.74) is 1.07. The van der Waals surface area contributed by atoms with Gasteiger partial charge < -0.3 is 10.1 Å². The summed E-state index contributed by atoms with van der Waals surface area (Å²) >= 11 is 5.78. The molecule has 0 aliphatic rings. The maximum Gasteiger partial charge on any atom is 0.255 e. The average molecular weight is 277 g/mol. The molecule has 0 saturated carbocycles. The number of nitrogens with one attached hydrogen (secondary N) is 1. The molecule has 2 rings (SSSR count). The van der Waals surface area contributed by atoms with Crippen LogP contribution in [0.4, 0.5) is 5.69 Å². The number of hydrogen-bond donors (Lipinski definition) is 1. The van der Waals surface area contributed by atoms with Gasteiger partial charge in [-0.25, -0.2) is 4.98 Å². The van der Waals surface area contributed by atoms with Crippen LogP contribution >= 0.6 is 11.6 Å². The van der Waals surface area contributed by atoms with Crippen LogP contribution in [-0.2, 0) is 0 Å². The highest BCUT2D eigenvalue weighted by molar-refractivity contribution is 6.30. The number of rotatable bonds is 4. The Labute approximate surface area is 116 Å². The maximum absolute atomic E-state index is 12.0. The molecule has 0 fully saturated rings. The Bertz CT molecular complexity index is 570. The number of ether oxygens (including phenoxy) is 1. The van der Waals surface area contributed by atoms with Crippen molar-refractivity contribution in [3.05, 3.63) is 53.2 Å². The van der Waals surface area contributed by atoms with Crippen molar-refractivity contribution in [1.29, 1.82) is 0 Å². The summed E-state index contributed by atoms with van der Waals surface area (Å²) in [6.45, 7) is 2.35. The van der Waals surface area contributed by atoms with Gasteiger partial charge in [0.1, 0.15) is 5.69 Å². The third-order valence-electron chi connectivity index (χ3n) is 2.41. The molecule has 1 aromatic carbocycles. The van der Waals surface area contributed by atoms with Crippen molar-refractivity contribution in [2.45, 2.75) is 6.92 Å². The van der Waals surface area contributed by atoms with Crippen LogP contribution < -0.4 is 10.1 Å². The van der Waals surface area contributed by atoms with Gasteiger partial charge in [0, 0.05) is 16.8 Å². The normalized spacial score (nSPS) is 10.0. The van der Waals surface area contributed by atoms with E-state index < -0.39 is 0 Å². The highest BCUT2D eigenvalue weighted by Crippen LogP contribution is 2.21. The van der Waals surface area contributed by atoms with Crippen molar-refractivity contribution < 1.29 is 9.53 Å². The molecule has 0 atom stereocenters. The molecule has 1 aromatic heterocycles. The first kappa shape index (κ1) is 13.4. The number of carbonyl (C=O) groups is 1. The number of aromatic nitrogens is 1. The van der Waals surface area contributed by atoms with E-state index in [1.54, 1.807) is 42.6 Å². The Kier molecular flexibility index (Phi) is 4.36. The summed E-state index contributed by atoms with van der Waals surface area (Å²) in [7, 11) is 0. The highest BCUT2D eigenvalue weighted by atomic mass is 35.5. The SMILES string of the molecule is CCOc1ncccc1NC(=O)c1ccc(Cl)cc1. The fourth-order valence-electron chi connectivity index (χ4n) is 1.53. The Morgan fingerprint density at radius 2 is 2.05 bits per heavy atom. The molecule has 0 unspecified atom stereocenters. The Balaban J connectivity index is 2.16. The molecule has 0 aliphatic carbocycles. The molecule has 0 spiro atoms. The van der Waals surface area contributed by atoms with Crippen LogP contribution in [-0.4, -0.2) is 17.5 Å². The fourth-order valence-corrected chi connectivity index (χ4v) is 1.66. The lowest BCUT2D eigenvalue weighted by Crippen LogP contribution is -2.13. The fraction of sp³-hybridized carbons (Fsp3) is 0.143. The summed E-state index contributed by atoms with van der Waals surface area (Å²) < 4.78 is 5.35. The first-order valence-electron chi connectivity index (χ1n) is 5.85. The van der Waals surface area contributed by atoms with Crippen molar-refractivity contribution in [2.24, 2.45) is 0 Å². The number of nitrogens with zero attached hydrogens (tertiary/aromatic N) is 1. The molecular formula is C14H13ClN2O2. The Morgan fingerprint density at radius 3 is 2.74 bits per heavy atom. The average Bonchev–Trinajstić information content (AvgIpc) is 2.42. The van der Waals surface area contributed by atoms with Gasteiger partial charge in [0.25, 0.3) is 5.91 Å². The van der Waals surface area contributed by atoms with Crippen LogP contribution in [0.2, 0.25) is 5.02 Å². The molecule has 2 aromatic rings. The van der Waals surface area contributed by atoms with E-state index in [2.05, 4.69) is 10.3 Å². The second-order valence-electron chi connectivity index (χ2n) is 3.75. The van der Waals surface area contributed by atoms with Crippen LogP contribution in [0.3, 0.4) is 0 Å². The van der Waals surface area contributed by atoms with E-state index >= 15 is 0 Å².